The Morgan fingerprint density at radius 3 is 2.50 bits per heavy atom. The molecule has 0 saturated heterocycles. The van der Waals surface area contributed by atoms with Crippen LogP contribution in [-0.4, -0.2) is 37.6 Å². The van der Waals surface area contributed by atoms with Crippen molar-refractivity contribution in [1.82, 2.24) is 25.2 Å². The first kappa shape index (κ1) is 19.8. The Balaban J connectivity index is 1.61. The SMILES string of the molecule is Cc1cc(C)nc(SCC(=O)N/N=C/c2c(C)nn(-c3ccccc3)c2C)n1. The molecule has 2 aromatic heterocycles. The molecule has 3 rings (SSSR count). The van der Waals surface area contributed by atoms with Crippen LogP contribution in [0, 0.1) is 27.7 Å². The first-order valence-electron chi connectivity index (χ1n) is 8.82. The van der Waals surface area contributed by atoms with Crippen LogP contribution in [0.2, 0.25) is 0 Å². The summed E-state index contributed by atoms with van der Waals surface area (Å²) in [4.78, 5) is 20.7. The summed E-state index contributed by atoms with van der Waals surface area (Å²) in [6.45, 7) is 7.71. The molecular formula is C20H22N6OS. The molecule has 0 radical (unpaired) electrons. The van der Waals surface area contributed by atoms with E-state index in [1.165, 1.54) is 11.8 Å². The lowest BCUT2D eigenvalue weighted by molar-refractivity contribution is -0.118. The van der Waals surface area contributed by atoms with Crippen molar-refractivity contribution in [2.24, 2.45) is 5.10 Å². The maximum absolute atomic E-state index is 12.1. The highest BCUT2D eigenvalue weighted by molar-refractivity contribution is 7.99. The van der Waals surface area contributed by atoms with Crippen LogP contribution < -0.4 is 5.43 Å². The minimum atomic E-state index is -0.213. The lowest BCUT2D eigenvalue weighted by Crippen LogP contribution is -2.20. The molecule has 1 amide bonds. The number of hydrogen-bond donors (Lipinski definition) is 1. The summed E-state index contributed by atoms with van der Waals surface area (Å²) in [5.74, 6) is -0.0173. The van der Waals surface area contributed by atoms with Gasteiger partial charge in [-0.3, -0.25) is 4.79 Å². The number of nitrogens with one attached hydrogen (secondary N) is 1. The van der Waals surface area contributed by atoms with Crippen LogP contribution in [0.3, 0.4) is 0 Å². The number of hydrazone groups is 1. The van der Waals surface area contributed by atoms with E-state index in [-0.39, 0.29) is 11.7 Å². The number of hydrogen-bond acceptors (Lipinski definition) is 6. The molecule has 0 spiro atoms. The largest absolute Gasteiger partial charge is 0.272 e. The standard InChI is InChI=1S/C20H22N6OS/c1-13-10-14(2)23-20(22-13)28-12-19(27)24-21-11-18-15(3)25-26(16(18)4)17-8-6-5-7-9-17/h5-11H,12H2,1-4H3,(H,24,27)/b21-11+. The smallest absolute Gasteiger partial charge is 0.250 e. The molecule has 3 aromatic rings. The fraction of sp³-hybridized carbons (Fsp3) is 0.250. The Morgan fingerprint density at radius 2 is 1.82 bits per heavy atom. The summed E-state index contributed by atoms with van der Waals surface area (Å²) < 4.78 is 1.87. The van der Waals surface area contributed by atoms with Crippen molar-refractivity contribution < 1.29 is 4.79 Å². The highest BCUT2D eigenvalue weighted by Crippen LogP contribution is 2.16. The summed E-state index contributed by atoms with van der Waals surface area (Å²) in [6.07, 6.45) is 1.63. The van der Waals surface area contributed by atoms with Crippen molar-refractivity contribution in [1.29, 1.82) is 0 Å². The molecule has 144 valence electrons. The summed E-state index contributed by atoms with van der Waals surface area (Å²) >= 11 is 1.29. The minimum absolute atomic E-state index is 0.196. The predicted molar refractivity (Wildman–Crippen MR) is 111 cm³/mol. The summed E-state index contributed by atoms with van der Waals surface area (Å²) in [5.41, 5.74) is 7.99. The molecule has 0 saturated carbocycles. The van der Waals surface area contributed by atoms with Gasteiger partial charge in [-0.25, -0.2) is 20.1 Å². The zero-order chi connectivity index (χ0) is 20.1. The van der Waals surface area contributed by atoms with Gasteiger partial charge in [0.2, 0.25) is 0 Å². The van der Waals surface area contributed by atoms with Gasteiger partial charge in [0.25, 0.3) is 5.91 Å². The van der Waals surface area contributed by atoms with Crippen LogP contribution in [0.5, 0.6) is 0 Å². The third-order valence-corrected chi connectivity index (χ3v) is 4.87. The number of benzene rings is 1. The number of aryl methyl sites for hydroxylation is 3. The molecular weight excluding hydrogens is 372 g/mol. The molecule has 0 fully saturated rings. The van der Waals surface area contributed by atoms with Crippen LogP contribution in [0.15, 0.2) is 46.7 Å². The van der Waals surface area contributed by atoms with Crippen molar-refractivity contribution in [3.63, 3.8) is 0 Å². The maximum atomic E-state index is 12.1. The average Bonchev–Trinajstić information content (AvgIpc) is 2.94. The molecule has 2 heterocycles. The number of rotatable bonds is 6. The van der Waals surface area contributed by atoms with Crippen molar-refractivity contribution in [3.8, 4) is 5.69 Å². The summed E-state index contributed by atoms with van der Waals surface area (Å²) in [5, 5.41) is 9.24. The average molecular weight is 395 g/mol. The molecule has 0 aliphatic heterocycles. The van der Waals surface area contributed by atoms with Gasteiger partial charge in [-0.1, -0.05) is 30.0 Å². The number of nitrogens with zero attached hydrogens (tertiary/aromatic N) is 5. The Bertz CT molecular complexity index is 993. The Kier molecular flexibility index (Phi) is 6.20. The van der Waals surface area contributed by atoms with Gasteiger partial charge < -0.3 is 0 Å². The molecule has 8 heteroatoms. The number of aromatic nitrogens is 4. The van der Waals surface area contributed by atoms with Gasteiger partial charge in [-0.2, -0.15) is 10.2 Å². The number of thioether (sulfide) groups is 1. The topological polar surface area (TPSA) is 85.1 Å². The molecule has 1 aromatic carbocycles. The van der Waals surface area contributed by atoms with Crippen LogP contribution in [-0.2, 0) is 4.79 Å². The van der Waals surface area contributed by atoms with E-state index in [1.807, 2.05) is 68.8 Å². The Morgan fingerprint density at radius 1 is 1.14 bits per heavy atom. The van der Waals surface area contributed by atoms with Gasteiger partial charge in [-0.15, -0.1) is 0 Å². The molecule has 0 unspecified atom stereocenters. The lowest BCUT2D eigenvalue weighted by Gasteiger charge is -2.03. The number of carbonyl (C=O) groups is 1. The molecule has 0 aliphatic rings. The Hall–Kier alpha value is -3.00. The van der Waals surface area contributed by atoms with Gasteiger partial charge >= 0.3 is 0 Å². The molecule has 0 atom stereocenters. The number of para-hydroxylation sites is 1. The van der Waals surface area contributed by atoms with Crippen molar-refractivity contribution in [2.45, 2.75) is 32.9 Å². The molecule has 28 heavy (non-hydrogen) atoms. The first-order valence-corrected chi connectivity index (χ1v) is 9.81. The van der Waals surface area contributed by atoms with E-state index in [1.54, 1.807) is 6.21 Å². The van der Waals surface area contributed by atoms with Crippen molar-refractivity contribution in [2.75, 3.05) is 5.75 Å². The van der Waals surface area contributed by atoms with Gasteiger partial charge in [0, 0.05) is 17.0 Å². The van der Waals surface area contributed by atoms with Gasteiger partial charge in [-0.05, 0) is 45.9 Å². The summed E-state index contributed by atoms with van der Waals surface area (Å²) in [6, 6.07) is 11.8. The third kappa shape index (κ3) is 4.83. The highest BCUT2D eigenvalue weighted by atomic mass is 32.2. The zero-order valence-electron chi connectivity index (χ0n) is 16.3. The second kappa shape index (κ2) is 8.79. The highest BCUT2D eigenvalue weighted by Gasteiger charge is 2.11. The van der Waals surface area contributed by atoms with Crippen LogP contribution in [0.25, 0.3) is 5.69 Å². The summed E-state index contributed by atoms with van der Waals surface area (Å²) in [7, 11) is 0. The van der Waals surface area contributed by atoms with E-state index >= 15 is 0 Å². The van der Waals surface area contributed by atoms with Gasteiger partial charge in [0.05, 0.1) is 29.0 Å². The lowest BCUT2D eigenvalue weighted by atomic mass is 10.2. The van der Waals surface area contributed by atoms with Crippen molar-refractivity contribution in [3.05, 3.63) is 64.7 Å². The normalized spacial score (nSPS) is 11.1. The quantitative estimate of drug-likeness (QED) is 0.300. The predicted octanol–water partition coefficient (Wildman–Crippen LogP) is 3.14. The van der Waals surface area contributed by atoms with E-state index in [9.17, 15) is 4.79 Å². The number of carbonyl (C=O) groups excluding carboxylic acids is 1. The third-order valence-electron chi connectivity index (χ3n) is 4.03. The fourth-order valence-corrected chi connectivity index (χ4v) is 3.49. The first-order chi connectivity index (χ1) is 13.4. The zero-order valence-corrected chi connectivity index (χ0v) is 17.1. The maximum Gasteiger partial charge on any atom is 0.250 e. The van der Waals surface area contributed by atoms with E-state index in [4.69, 9.17) is 0 Å². The second-order valence-corrected chi connectivity index (χ2v) is 7.29. The monoisotopic (exact) mass is 394 g/mol. The fourth-order valence-electron chi connectivity index (χ4n) is 2.75. The molecule has 7 nitrogen and oxygen atoms in total. The van der Waals surface area contributed by atoms with Crippen LogP contribution in [0.1, 0.15) is 28.3 Å². The van der Waals surface area contributed by atoms with E-state index in [0.717, 1.165) is 34.0 Å². The Labute approximate surface area is 168 Å². The number of amides is 1. The van der Waals surface area contributed by atoms with Gasteiger partial charge in [0.1, 0.15) is 0 Å². The second-order valence-electron chi connectivity index (χ2n) is 6.35. The molecule has 1 N–H and O–H groups in total. The molecule has 0 bridgehead atoms. The van der Waals surface area contributed by atoms with Gasteiger partial charge in [0.15, 0.2) is 5.16 Å². The molecule has 0 aliphatic carbocycles. The van der Waals surface area contributed by atoms with E-state index in [0.29, 0.717) is 5.16 Å². The van der Waals surface area contributed by atoms with E-state index in [2.05, 4.69) is 25.6 Å². The van der Waals surface area contributed by atoms with E-state index < -0.39 is 0 Å². The van der Waals surface area contributed by atoms with Crippen LogP contribution in [0.4, 0.5) is 0 Å². The van der Waals surface area contributed by atoms with Crippen molar-refractivity contribution >= 4 is 23.9 Å². The minimum Gasteiger partial charge on any atom is -0.272 e. The van der Waals surface area contributed by atoms with Crippen LogP contribution >= 0.6 is 11.8 Å².